The number of aryl methyl sites for hydroxylation is 1. The lowest BCUT2D eigenvalue weighted by Crippen LogP contribution is -2.25. The van der Waals surface area contributed by atoms with Gasteiger partial charge in [0.25, 0.3) is 5.91 Å². The molecule has 0 aliphatic carbocycles. The van der Waals surface area contributed by atoms with E-state index in [2.05, 4.69) is 43.6 Å². The second-order valence-electron chi connectivity index (χ2n) is 6.10. The zero-order chi connectivity index (χ0) is 17.0. The third-order valence-corrected chi connectivity index (χ3v) is 4.12. The summed E-state index contributed by atoms with van der Waals surface area (Å²) >= 11 is 0. The van der Waals surface area contributed by atoms with Gasteiger partial charge in [-0.3, -0.25) is 4.79 Å². The lowest BCUT2D eigenvalue weighted by molar-refractivity contribution is 0.0953. The molecule has 124 valence electrons. The van der Waals surface area contributed by atoms with Gasteiger partial charge in [-0.25, -0.2) is 0 Å². The smallest absolute Gasteiger partial charge is 0.251 e. The zero-order valence-corrected chi connectivity index (χ0v) is 14.6. The first-order valence-corrected chi connectivity index (χ1v) is 8.03. The molecule has 0 atom stereocenters. The van der Waals surface area contributed by atoms with E-state index < -0.39 is 0 Å². The molecule has 0 aliphatic rings. The summed E-state index contributed by atoms with van der Waals surface area (Å²) in [6, 6.07) is 9.87. The van der Waals surface area contributed by atoms with Crippen LogP contribution in [-0.4, -0.2) is 24.1 Å². The minimum Gasteiger partial charge on any atom is -0.497 e. The van der Waals surface area contributed by atoms with Crippen LogP contribution in [0.4, 0.5) is 0 Å². The van der Waals surface area contributed by atoms with Crippen molar-refractivity contribution in [1.82, 2.24) is 9.88 Å². The van der Waals surface area contributed by atoms with Gasteiger partial charge in [0.1, 0.15) is 5.75 Å². The summed E-state index contributed by atoms with van der Waals surface area (Å²) in [5.41, 5.74) is 4.47. The number of rotatable bonds is 6. The summed E-state index contributed by atoms with van der Waals surface area (Å²) in [4.78, 5) is 12.2. The van der Waals surface area contributed by atoms with E-state index in [4.69, 9.17) is 4.74 Å². The highest BCUT2D eigenvalue weighted by molar-refractivity contribution is 5.94. The average molecular weight is 314 g/mol. The Morgan fingerprint density at radius 2 is 2.00 bits per heavy atom. The van der Waals surface area contributed by atoms with E-state index in [-0.39, 0.29) is 5.91 Å². The normalized spacial score (nSPS) is 10.9. The van der Waals surface area contributed by atoms with Crippen LogP contribution in [0.3, 0.4) is 0 Å². The predicted octanol–water partition coefficient (Wildman–Crippen LogP) is 3.67. The second kappa shape index (κ2) is 7.36. The van der Waals surface area contributed by atoms with Crippen molar-refractivity contribution in [2.24, 2.45) is 0 Å². The summed E-state index contributed by atoms with van der Waals surface area (Å²) in [5, 5.41) is 2.98. The van der Waals surface area contributed by atoms with E-state index in [1.54, 1.807) is 19.2 Å². The molecule has 0 spiro atoms. The SMILES string of the molecule is COc1cccc(C(=O)NCCc2cc(C)n(C(C)C)c2C)c1. The van der Waals surface area contributed by atoms with Gasteiger partial charge in [-0.1, -0.05) is 6.07 Å². The van der Waals surface area contributed by atoms with E-state index >= 15 is 0 Å². The molecule has 1 heterocycles. The number of hydrogen-bond donors (Lipinski definition) is 1. The van der Waals surface area contributed by atoms with Crippen LogP contribution >= 0.6 is 0 Å². The van der Waals surface area contributed by atoms with Gasteiger partial charge in [-0.05, 0) is 63.9 Å². The predicted molar refractivity (Wildman–Crippen MR) is 93.3 cm³/mol. The number of carbonyl (C=O) groups excluding carboxylic acids is 1. The fraction of sp³-hybridized carbons (Fsp3) is 0.421. The van der Waals surface area contributed by atoms with Crippen LogP contribution in [0.2, 0.25) is 0 Å². The standard InChI is InChI=1S/C19H26N2O2/c1-13(2)21-14(3)11-16(15(21)4)9-10-20-19(22)17-7-6-8-18(12-17)23-5/h6-8,11-13H,9-10H2,1-5H3,(H,20,22). The van der Waals surface area contributed by atoms with Crippen molar-refractivity contribution in [2.75, 3.05) is 13.7 Å². The van der Waals surface area contributed by atoms with Gasteiger partial charge < -0.3 is 14.6 Å². The molecular weight excluding hydrogens is 288 g/mol. The molecule has 0 aliphatic heterocycles. The van der Waals surface area contributed by atoms with Crippen molar-refractivity contribution in [3.05, 3.63) is 52.8 Å². The van der Waals surface area contributed by atoms with E-state index in [1.807, 2.05) is 12.1 Å². The number of methoxy groups -OCH3 is 1. The molecule has 23 heavy (non-hydrogen) atoms. The number of benzene rings is 1. The summed E-state index contributed by atoms with van der Waals surface area (Å²) in [5.74, 6) is 0.625. The van der Waals surface area contributed by atoms with Crippen LogP contribution in [0, 0.1) is 13.8 Å². The first kappa shape index (κ1) is 17.1. The van der Waals surface area contributed by atoms with Crippen molar-refractivity contribution in [3.63, 3.8) is 0 Å². The molecule has 1 amide bonds. The third-order valence-electron chi connectivity index (χ3n) is 4.12. The third kappa shape index (κ3) is 3.95. The number of amides is 1. The van der Waals surface area contributed by atoms with Crippen molar-refractivity contribution in [3.8, 4) is 5.75 Å². The Bertz CT molecular complexity index is 687. The average Bonchev–Trinajstić information content (AvgIpc) is 2.81. The molecule has 0 bridgehead atoms. The summed E-state index contributed by atoms with van der Waals surface area (Å²) in [6.45, 7) is 9.28. The van der Waals surface area contributed by atoms with Crippen molar-refractivity contribution < 1.29 is 9.53 Å². The molecule has 4 heteroatoms. The first-order valence-electron chi connectivity index (χ1n) is 8.03. The van der Waals surface area contributed by atoms with Crippen LogP contribution in [0.25, 0.3) is 0 Å². The summed E-state index contributed by atoms with van der Waals surface area (Å²) in [7, 11) is 1.60. The van der Waals surface area contributed by atoms with E-state index in [0.29, 0.717) is 23.9 Å². The van der Waals surface area contributed by atoms with Crippen molar-refractivity contribution in [2.45, 2.75) is 40.2 Å². The fourth-order valence-electron chi connectivity index (χ4n) is 3.07. The molecular formula is C19H26N2O2. The van der Waals surface area contributed by atoms with Gasteiger partial charge in [0.2, 0.25) is 0 Å². The maximum absolute atomic E-state index is 12.2. The largest absolute Gasteiger partial charge is 0.497 e. The number of aromatic nitrogens is 1. The maximum Gasteiger partial charge on any atom is 0.251 e. The van der Waals surface area contributed by atoms with Crippen LogP contribution in [0.5, 0.6) is 5.75 Å². The second-order valence-corrected chi connectivity index (χ2v) is 6.10. The molecule has 1 aromatic carbocycles. The first-order chi connectivity index (χ1) is 10.9. The Balaban J connectivity index is 1.97. The lowest BCUT2D eigenvalue weighted by atomic mass is 10.1. The topological polar surface area (TPSA) is 43.3 Å². The highest BCUT2D eigenvalue weighted by Gasteiger charge is 2.12. The van der Waals surface area contributed by atoms with Crippen LogP contribution in [-0.2, 0) is 6.42 Å². The van der Waals surface area contributed by atoms with Crippen LogP contribution in [0.15, 0.2) is 30.3 Å². The molecule has 0 saturated carbocycles. The zero-order valence-electron chi connectivity index (χ0n) is 14.6. The molecule has 0 radical (unpaired) electrons. The van der Waals surface area contributed by atoms with Crippen molar-refractivity contribution in [1.29, 1.82) is 0 Å². The molecule has 1 aromatic heterocycles. The van der Waals surface area contributed by atoms with Gasteiger partial charge in [0.15, 0.2) is 0 Å². The van der Waals surface area contributed by atoms with Crippen molar-refractivity contribution >= 4 is 5.91 Å². The highest BCUT2D eigenvalue weighted by Crippen LogP contribution is 2.20. The van der Waals surface area contributed by atoms with E-state index in [9.17, 15) is 4.79 Å². The van der Waals surface area contributed by atoms with Crippen LogP contribution < -0.4 is 10.1 Å². The lowest BCUT2D eigenvalue weighted by Gasteiger charge is -2.14. The Morgan fingerprint density at radius 3 is 2.61 bits per heavy atom. The monoisotopic (exact) mass is 314 g/mol. The number of nitrogens with zero attached hydrogens (tertiary/aromatic N) is 1. The number of ether oxygens (including phenoxy) is 1. The molecule has 2 aromatic rings. The van der Waals surface area contributed by atoms with Gasteiger partial charge in [0.05, 0.1) is 7.11 Å². The molecule has 1 N–H and O–H groups in total. The Hall–Kier alpha value is -2.23. The fourth-order valence-corrected chi connectivity index (χ4v) is 3.07. The van der Waals surface area contributed by atoms with E-state index in [0.717, 1.165) is 6.42 Å². The number of hydrogen-bond acceptors (Lipinski definition) is 2. The van der Waals surface area contributed by atoms with E-state index in [1.165, 1.54) is 17.0 Å². The van der Waals surface area contributed by atoms with Crippen LogP contribution in [0.1, 0.15) is 47.2 Å². The van der Waals surface area contributed by atoms with Gasteiger partial charge in [0, 0.05) is 29.5 Å². The molecule has 2 rings (SSSR count). The molecule has 4 nitrogen and oxygen atoms in total. The highest BCUT2D eigenvalue weighted by atomic mass is 16.5. The number of nitrogens with one attached hydrogen (secondary N) is 1. The molecule has 0 saturated heterocycles. The van der Waals surface area contributed by atoms with Gasteiger partial charge in [-0.15, -0.1) is 0 Å². The Morgan fingerprint density at radius 1 is 1.26 bits per heavy atom. The maximum atomic E-state index is 12.2. The minimum absolute atomic E-state index is 0.0680. The summed E-state index contributed by atoms with van der Waals surface area (Å²) in [6.07, 6.45) is 0.835. The number of carbonyl (C=O) groups is 1. The van der Waals surface area contributed by atoms with Gasteiger partial charge in [-0.2, -0.15) is 0 Å². The Kier molecular flexibility index (Phi) is 5.48. The van der Waals surface area contributed by atoms with Gasteiger partial charge >= 0.3 is 0 Å². The molecule has 0 fully saturated rings. The Labute approximate surface area is 138 Å². The minimum atomic E-state index is -0.0680. The summed E-state index contributed by atoms with van der Waals surface area (Å²) < 4.78 is 7.48. The quantitative estimate of drug-likeness (QED) is 0.884. The molecule has 0 unspecified atom stereocenters.